The second kappa shape index (κ2) is 35.0. The smallest absolute Gasteiger partial charge is 0.407 e. The van der Waals surface area contributed by atoms with E-state index in [0.29, 0.717) is 131 Å². The summed E-state index contributed by atoms with van der Waals surface area (Å²) >= 11 is 0. The van der Waals surface area contributed by atoms with Gasteiger partial charge in [-0.2, -0.15) is 0 Å². The summed E-state index contributed by atoms with van der Waals surface area (Å²) in [4.78, 5) is 49.8. The Kier molecular flexibility index (Phi) is 28.7. The van der Waals surface area contributed by atoms with Gasteiger partial charge in [-0.25, -0.2) is 14.4 Å². The molecule has 388 valence electrons. The zero-order valence-electron chi connectivity index (χ0n) is 41.3. The van der Waals surface area contributed by atoms with Crippen molar-refractivity contribution in [3.63, 3.8) is 0 Å². The Morgan fingerprint density at radius 3 is 1.47 bits per heavy atom. The summed E-state index contributed by atoms with van der Waals surface area (Å²) in [6.45, 7) is 12.7. The summed E-state index contributed by atoms with van der Waals surface area (Å²) in [6.07, 6.45) is 0.593. The van der Waals surface area contributed by atoms with Crippen molar-refractivity contribution in [2.24, 2.45) is 0 Å². The van der Waals surface area contributed by atoms with Crippen LogP contribution in [-0.4, -0.2) is 161 Å². The third-order valence-corrected chi connectivity index (χ3v) is 10.4. The Hall–Kier alpha value is -5.18. The lowest BCUT2D eigenvalue weighted by Gasteiger charge is -2.24. The summed E-state index contributed by atoms with van der Waals surface area (Å²) in [5, 5.41) is 8.21. The van der Waals surface area contributed by atoms with Gasteiger partial charge in [0.25, 0.3) is 0 Å². The average molecular weight is 982 g/mol. The van der Waals surface area contributed by atoms with Gasteiger partial charge in [-0.1, -0.05) is 78.9 Å². The molecule has 0 unspecified atom stereocenters. The second-order valence-corrected chi connectivity index (χ2v) is 17.0. The van der Waals surface area contributed by atoms with E-state index in [9.17, 15) is 19.2 Å². The van der Waals surface area contributed by atoms with Gasteiger partial charge in [-0.3, -0.25) is 4.79 Å². The van der Waals surface area contributed by atoms with Crippen LogP contribution in [0, 0.1) is 0 Å². The largest absolute Gasteiger partial charge is 0.458 e. The Balaban J connectivity index is 0.843. The van der Waals surface area contributed by atoms with Crippen molar-refractivity contribution in [2.45, 2.75) is 70.6 Å². The van der Waals surface area contributed by atoms with Crippen LogP contribution in [0.25, 0.3) is 11.1 Å². The molecule has 1 atom stereocenters. The van der Waals surface area contributed by atoms with Crippen LogP contribution >= 0.6 is 0 Å². The molecule has 3 N–H and O–H groups in total. The van der Waals surface area contributed by atoms with E-state index in [4.69, 9.17) is 52.1 Å². The van der Waals surface area contributed by atoms with Crippen molar-refractivity contribution >= 4 is 24.1 Å². The molecule has 3 aromatic rings. The maximum Gasteiger partial charge on any atom is 0.407 e. The van der Waals surface area contributed by atoms with Gasteiger partial charge in [0.1, 0.15) is 24.9 Å². The second-order valence-electron chi connectivity index (χ2n) is 17.0. The summed E-state index contributed by atoms with van der Waals surface area (Å²) in [5.74, 6) is -0.817. The molecule has 0 fully saturated rings. The first-order valence-electron chi connectivity index (χ1n) is 24.3. The summed E-state index contributed by atoms with van der Waals surface area (Å²) in [6, 6.07) is 25.0. The molecule has 0 saturated carbocycles. The van der Waals surface area contributed by atoms with Crippen LogP contribution in [0.2, 0.25) is 0 Å². The molecule has 4 rings (SSSR count). The van der Waals surface area contributed by atoms with E-state index in [1.54, 1.807) is 20.8 Å². The van der Waals surface area contributed by atoms with Crippen LogP contribution in [0.5, 0.6) is 0 Å². The standard InChI is InChI=1S/C52H75N3O15/c1-52(2,3)70-49(57)47(19-11-12-21-53-50(58)68-39-41-13-5-4-6-14-41)55-48(56)20-23-60-25-27-62-29-31-64-33-35-66-37-38-67-36-34-65-32-30-63-28-26-61-24-22-54-51(59)69-40-46-44-17-9-7-15-42(44)43-16-8-10-18-45(43)46/h4-10,13-18,46-47H,11-12,19-40H2,1-3H3,(H,53,58)(H,54,59)(H,55,56)/t47-/m0/s1. The molecule has 3 amide bonds. The highest BCUT2D eigenvalue weighted by Crippen LogP contribution is 2.44. The van der Waals surface area contributed by atoms with Crippen molar-refractivity contribution in [1.82, 2.24) is 16.0 Å². The van der Waals surface area contributed by atoms with Crippen molar-refractivity contribution in [1.29, 1.82) is 0 Å². The summed E-state index contributed by atoms with van der Waals surface area (Å²) < 4.78 is 60.5. The fourth-order valence-electron chi connectivity index (χ4n) is 7.01. The van der Waals surface area contributed by atoms with Crippen molar-refractivity contribution < 1.29 is 71.3 Å². The van der Waals surface area contributed by atoms with Crippen LogP contribution in [0.4, 0.5) is 9.59 Å². The highest BCUT2D eigenvalue weighted by Gasteiger charge is 2.29. The van der Waals surface area contributed by atoms with Gasteiger partial charge in [-0.05, 0) is 67.9 Å². The lowest BCUT2D eigenvalue weighted by atomic mass is 9.98. The molecule has 3 aromatic carbocycles. The molecule has 1 aliphatic carbocycles. The van der Waals surface area contributed by atoms with Gasteiger partial charge in [-0.15, -0.1) is 0 Å². The number of amides is 3. The molecule has 18 nitrogen and oxygen atoms in total. The van der Waals surface area contributed by atoms with Crippen LogP contribution < -0.4 is 16.0 Å². The number of carbonyl (C=O) groups excluding carboxylic acids is 4. The number of unbranched alkanes of at least 4 members (excludes halogenated alkanes) is 1. The van der Waals surface area contributed by atoms with Gasteiger partial charge in [0.2, 0.25) is 5.91 Å². The molecule has 18 heteroatoms. The fourth-order valence-corrected chi connectivity index (χ4v) is 7.01. The number of hydrogen-bond acceptors (Lipinski definition) is 15. The molecular formula is C52H75N3O15. The Morgan fingerprint density at radius 2 is 0.957 bits per heavy atom. The predicted octanol–water partition coefficient (Wildman–Crippen LogP) is 5.97. The molecule has 1 aliphatic rings. The highest BCUT2D eigenvalue weighted by molar-refractivity contribution is 5.84. The van der Waals surface area contributed by atoms with Crippen LogP contribution in [0.3, 0.4) is 0 Å². The first-order chi connectivity index (χ1) is 34.1. The van der Waals surface area contributed by atoms with E-state index < -0.39 is 29.8 Å². The number of nitrogens with one attached hydrogen (secondary N) is 3. The van der Waals surface area contributed by atoms with E-state index >= 15 is 0 Å². The first kappa shape index (κ1) is 57.4. The normalized spacial score (nSPS) is 12.4. The van der Waals surface area contributed by atoms with E-state index in [2.05, 4.69) is 40.2 Å². The topological polar surface area (TPSA) is 206 Å². The molecule has 0 aromatic heterocycles. The molecule has 0 saturated heterocycles. The lowest BCUT2D eigenvalue weighted by molar-refractivity contribution is -0.159. The molecule has 0 heterocycles. The lowest BCUT2D eigenvalue weighted by Crippen LogP contribution is -2.44. The third-order valence-electron chi connectivity index (χ3n) is 10.4. The first-order valence-corrected chi connectivity index (χ1v) is 24.3. The maximum absolute atomic E-state index is 12.8. The Labute approximate surface area is 412 Å². The highest BCUT2D eigenvalue weighted by atomic mass is 16.6. The molecular weight excluding hydrogens is 907 g/mol. The maximum atomic E-state index is 12.8. The van der Waals surface area contributed by atoms with Crippen molar-refractivity contribution in [3.05, 3.63) is 95.6 Å². The van der Waals surface area contributed by atoms with Gasteiger partial charge >= 0.3 is 18.2 Å². The zero-order valence-corrected chi connectivity index (χ0v) is 41.3. The monoisotopic (exact) mass is 982 g/mol. The minimum absolute atomic E-state index is 0.0216. The van der Waals surface area contributed by atoms with Gasteiger partial charge in [0.15, 0.2) is 0 Å². The quantitative estimate of drug-likeness (QED) is 0.0344. The van der Waals surface area contributed by atoms with E-state index in [0.717, 1.165) is 5.56 Å². The predicted molar refractivity (Wildman–Crippen MR) is 260 cm³/mol. The average Bonchev–Trinajstić information content (AvgIpc) is 3.67. The molecule has 0 bridgehead atoms. The number of alkyl carbamates (subject to hydrolysis) is 2. The number of benzene rings is 3. The van der Waals surface area contributed by atoms with E-state index in [1.807, 2.05) is 54.6 Å². The fraction of sp³-hybridized carbons (Fsp3) is 0.577. The number of fused-ring (bicyclic) bond motifs is 3. The summed E-state index contributed by atoms with van der Waals surface area (Å²) in [5.41, 5.74) is 4.91. The number of hydrogen-bond donors (Lipinski definition) is 3. The molecule has 0 spiro atoms. The van der Waals surface area contributed by atoms with Crippen LogP contribution in [-0.2, 0) is 68.3 Å². The number of carbonyl (C=O) groups is 4. The molecule has 0 aliphatic heterocycles. The number of esters is 1. The number of ether oxygens (including phenoxy) is 11. The minimum Gasteiger partial charge on any atom is -0.458 e. The van der Waals surface area contributed by atoms with Crippen LogP contribution in [0.1, 0.15) is 69.1 Å². The molecule has 70 heavy (non-hydrogen) atoms. The number of rotatable bonds is 38. The minimum atomic E-state index is -0.823. The third kappa shape index (κ3) is 25.1. The van der Waals surface area contributed by atoms with Crippen molar-refractivity contribution in [2.75, 3.05) is 125 Å². The zero-order chi connectivity index (χ0) is 49.9. The van der Waals surface area contributed by atoms with Gasteiger partial charge in [0.05, 0.1) is 106 Å². The van der Waals surface area contributed by atoms with E-state index in [-0.39, 0.29) is 38.1 Å². The molecule has 0 radical (unpaired) electrons. The SMILES string of the molecule is CC(C)(C)OC(=O)[C@H](CCCCNC(=O)OCc1ccccc1)NC(=O)CCOCCOCCOCCOCCOCCOCCOCCOCCNC(=O)OCC1c2ccccc2-c2ccccc21. The Bertz CT molecular complexity index is 1870. The Morgan fingerprint density at radius 1 is 0.514 bits per heavy atom. The van der Waals surface area contributed by atoms with Gasteiger partial charge < -0.3 is 68.1 Å². The van der Waals surface area contributed by atoms with Gasteiger partial charge in [0, 0.05) is 25.4 Å². The van der Waals surface area contributed by atoms with E-state index in [1.165, 1.54) is 22.3 Å². The van der Waals surface area contributed by atoms with Crippen LogP contribution in [0.15, 0.2) is 78.9 Å². The van der Waals surface area contributed by atoms with Crippen molar-refractivity contribution in [3.8, 4) is 11.1 Å². The summed E-state index contributed by atoms with van der Waals surface area (Å²) in [7, 11) is 0.